The molecule has 0 saturated carbocycles. The smallest absolute Gasteiger partial charge is 0.364 e. The average Bonchev–Trinajstić information content (AvgIpc) is 2.96. The van der Waals surface area contributed by atoms with Gasteiger partial charge in [0.2, 0.25) is 5.91 Å². The minimum Gasteiger partial charge on any atom is -0.364 e. The van der Waals surface area contributed by atoms with Crippen LogP contribution in [0, 0.1) is 5.92 Å². The monoisotopic (exact) mass is 344 g/mol. The van der Waals surface area contributed by atoms with Crippen molar-refractivity contribution in [3.63, 3.8) is 0 Å². The van der Waals surface area contributed by atoms with Gasteiger partial charge in [0, 0.05) is 13.1 Å². The molecule has 1 heterocycles. The average molecular weight is 344 g/mol. The number of hydrogen-bond donors (Lipinski definition) is 1. The molecule has 1 fully saturated rings. The third-order valence-corrected chi connectivity index (χ3v) is 4.05. The molecule has 1 amide bonds. The first-order valence-electron chi connectivity index (χ1n) is 8.06. The Bertz CT molecular complexity index is 522. The number of alkyl halides is 3. The summed E-state index contributed by atoms with van der Waals surface area (Å²) in [6.07, 6.45) is -4.11. The van der Waals surface area contributed by atoms with Gasteiger partial charge in [-0.3, -0.25) is 9.69 Å². The van der Waals surface area contributed by atoms with Crippen molar-refractivity contribution < 1.29 is 22.7 Å². The van der Waals surface area contributed by atoms with E-state index >= 15 is 0 Å². The SMILES string of the molecule is CC(OCc1ccccc1)C(=O)NCC1CCN(CC(F)(F)F)C1. The number of nitrogens with zero attached hydrogens (tertiary/aromatic N) is 1. The Morgan fingerprint density at radius 1 is 1.38 bits per heavy atom. The van der Waals surface area contributed by atoms with Crippen LogP contribution in [0.4, 0.5) is 13.2 Å². The van der Waals surface area contributed by atoms with E-state index in [1.165, 1.54) is 4.90 Å². The van der Waals surface area contributed by atoms with E-state index in [-0.39, 0.29) is 11.8 Å². The highest BCUT2D eigenvalue weighted by Crippen LogP contribution is 2.22. The van der Waals surface area contributed by atoms with E-state index in [9.17, 15) is 18.0 Å². The van der Waals surface area contributed by atoms with Crippen LogP contribution in [0.3, 0.4) is 0 Å². The Hall–Kier alpha value is -1.60. The van der Waals surface area contributed by atoms with Crippen LogP contribution in [0.2, 0.25) is 0 Å². The Labute approximate surface area is 140 Å². The maximum Gasteiger partial charge on any atom is 0.401 e. The highest BCUT2D eigenvalue weighted by atomic mass is 19.4. The fraction of sp³-hybridized carbons (Fsp3) is 0.588. The summed E-state index contributed by atoms with van der Waals surface area (Å²) < 4.78 is 42.6. The summed E-state index contributed by atoms with van der Waals surface area (Å²) in [5.74, 6) is -0.183. The Balaban J connectivity index is 1.66. The van der Waals surface area contributed by atoms with Gasteiger partial charge in [0.25, 0.3) is 0 Å². The summed E-state index contributed by atoms with van der Waals surface area (Å²) in [7, 11) is 0. The molecular weight excluding hydrogens is 321 g/mol. The zero-order chi connectivity index (χ0) is 17.6. The second-order valence-corrected chi connectivity index (χ2v) is 6.19. The van der Waals surface area contributed by atoms with Gasteiger partial charge in [-0.1, -0.05) is 30.3 Å². The van der Waals surface area contributed by atoms with E-state index in [0.717, 1.165) is 5.56 Å². The maximum atomic E-state index is 12.4. The Morgan fingerprint density at radius 2 is 2.08 bits per heavy atom. The minimum absolute atomic E-state index is 0.0534. The van der Waals surface area contributed by atoms with Crippen LogP contribution in [0.1, 0.15) is 18.9 Å². The quantitative estimate of drug-likeness (QED) is 0.827. The molecule has 1 aromatic rings. The van der Waals surface area contributed by atoms with Crippen molar-refractivity contribution in [2.75, 3.05) is 26.2 Å². The molecule has 0 radical (unpaired) electrons. The maximum absolute atomic E-state index is 12.4. The summed E-state index contributed by atoms with van der Waals surface area (Å²) in [5.41, 5.74) is 0.982. The number of carbonyl (C=O) groups is 1. The second-order valence-electron chi connectivity index (χ2n) is 6.19. The summed E-state index contributed by atoms with van der Waals surface area (Å²) in [6, 6.07) is 9.53. The Kier molecular flexibility index (Phi) is 6.62. The molecule has 1 aromatic carbocycles. The molecular formula is C17H23F3N2O2. The van der Waals surface area contributed by atoms with Crippen LogP contribution in [-0.4, -0.2) is 49.3 Å². The van der Waals surface area contributed by atoms with Gasteiger partial charge in [-0.05, 0) is 31.4 Å². The summed E-state index contributed by atoms with van der Waals surface area (Å²) >= 11 is 0. The topological polar surface area (TPSA) is 41.6 Å². The molecule has 24 heavy (non-hydrogen) atoms. The first-order valence-corrected chi connectivity index (χ1v) is 8.06. The molecule has 1 saturated heterocycles. The number of halogens is 3. The lowest BCUT2D eigenvalue weighted by Gasteiger charge is -2.18. The summed E-state index contributed by atoms with van der Waals surface area (Å²) in [5, 5.41) is 2.77. The van der Waals surface area contributed by atoms with Crippen LogP contribution < -0.4 is 5.32 Å². The second kappa shape index (κ2) is 8.48. The minimum atomic E-state index is -4.17. The normalized spacial score (nSPS) is 20.1. The van der Waals surface area contributed by atoms with E-state index < -0.39 is 18.8 Å². The van der Waals surface area contributed by atoms with Gasteiger partial charge in [-0.15, -0.1) is 0 Å². The summed E-state index contributed by atoms with van der Waals surface area (Å²) in [6.45, 7) is 2.29. The predicted octanol–water partition coefficient (Wildman–Crippen LogP) is 2.59. The number of rotatable bonds is 7. The molecule has 2 unspecified atom stereocenters. The lowest BCUT2D eigenvalue weighted by Crippen LogP contribution is -2.38. The first kappa shape index (κ1) is 18.7. The van der Waals surface area contributed by atoms with E-state index in [4.69, 9.17) is 4.74 Å². The van der Waals surface area contributed by atoms with Crippen LogP contribution in [0.15, 0.2) is 30.3 Å². The van der Waals surface area contributed by atoms with E-state index in [1.54, 1.807) is 6.92 Å². The third-order valence-electron chi connectivity index (χ3n) is 4.05. The molecule has 134 valence electrons. The number of hydrogen-bond acceptors (Lipinski definition) is 3. The zero-order valence-corrected chi connectivity index (χ0v) is 13.7. The number of ether oxygens (including phenoxy) is 1. The van der Waals surface area contributed by atoms with Gasteiger partial charge in [0.05, 0.1) is 13.2 Å². The number of carbonyl (C=O) groups excluding carboxylic acids is 1. The number of benzene rings is 1. The van der Waals surface area contributed by atoms with Gasteiger partial charge in [0.1, 0.15) is 6.10 Å². The van der Waals surface area contributed by atoms with Crippen LogP contribution in [0.25, 0.3) is 0 Å². The van der Waals surface area contributed by atoms with Crippen molar-refractivity contribution in [2.24, 2.45) is 5.92 Å². The molecule has 7 heteroatoms. The molecule has 4 nitrogen and oxygen atoms in total. The molecule has 2 atom stereocenters. The zero-order valence-electron chi connectivity index (χ0n) is 13.7. The van der Waals surface area contributed by atoms with Crippen molar-refractivity contribution in [3.05, 3.63) is 35.9 Å². The molecule has 2 rings (SSSR count). The molecule has 1 aliphatic rings. The highest BCUT2D eigenvalue weighted by molar-refractivity contribution is 5.80. The fourth-order valence-electron chi connectivity index (χ4n) is 2.74. The molecule has 1 aliphatic heterocycles. The van der Waals surface area contributed by atoms with Crippen molar-refractivity contribution >= 4 is 5.91 Å². The van der Waals surface area contributed by atoms with E-state index in [2.05, 4.69) is 5.32 Å². The van der Waals surface area contributed by atoms with Crippen molar-refractivity contribution in [3.8, 4) is 0 Å². The number of likely N-dealkylation sites (tertiary alicyclic amines) is 1. The van der Waals surface area contributed by atoms with Crippen LogP contribution >= 0.6 is 0 Å². The van der Waals surface area contributed by atoms with Crippen LogP contribution in [0.5, 0.6) is 0 Å². The highest BCUT2D eigenvalue weighted by Gasteiger charge is 2.34. The molecule has 0 spiro atoms. The first-order chi connectivity index (χ1) is 11.3. The summed E-state index contributed by atoms with van der Waals surface area (Å²) in [4.78, 5) is 13.4. The van der Waals surface area contributed by atoms with Crippen LogP contribution in [-0.2, 0) is 16.1 Å². The lowest BCUT2D eigenvalue weighted by molar-refractivity contribution is -0.144. The largest absolute Gasteiger partial charge is 0.401 e. The van der Waals surface area contributed by atoms with Crippen molar-refractivity contribution in [2.45, 2.75) is 32.2 Å². The van der Waals surface area contributed by atoms with Crippen molar-refractivity contribution in [1.82, 2.24) is 10.2 Å². The number of amides is 1. The van der Waals surface area contributed by atoms with E-state index in [1.807, 2.05) is 30.3 Å². The van der Waals surface area contributed by atoms with E-state index in [0.29, 0.717) is 32.7 Å². The predicted molar refractivity (Wildman–Crippen MR) is 84.3 cm³/mol. The molecule has 0 aliphatic carbocycles. The van der Waals surface area contributed by atoms with Gasteiger partial charge in [0.15, 0.2) is 0 Å². The Morgan fingerprint density at radius 3 is 2.75 bits per heavy atom. The van der Waals surface area contributed by atoms with Gasteiger partial charge in [-0.25, -0.2) is 0 Å². The van der Waals surface area contributed by atoms with Gasteiger partial charge < -0.3 is 10.1 Å². The third kappa shape index (κ3) is 6.49. The number of nitrogens with one attached hydrogen (secondary N) is 1. The lowest BCUT2D eigenvalue weighted by atomic mass is 10.1. The fourth-order valence-corrected chi connectivity index (χ4v) is 2.74. The van der Waals surface area contributed by atoms with Crippen molar-refractivity contribution in [1.29, 1.82) is 0 Å². The van der Waals surface area contributed by atoms with Gasteiger partial charge >= 0.3 is 6.18 Å². The molecule has 1 N–H and O–H groups in total. The molecule has 0 bridgehead atoms. The molecule has 0 aromatic heterocycles. The van der Waals surface area contributed by atoms with Gasteiger partial charge in [-0.2, -0.15) is 13.2 Å². The standard InChI is InChI=1S/C17H23F3N2O2/c1-13(24-11-14-5-3-2-4-6-14)16(23)21-9-15-7-8-22(10-15)12-17(18,19)20/h2-6,13,15H,7-12H2,1H3,(H,21,23).